The number of rotatable bonds is 8. The fraction of sp³-hybridized carbons (Fsp3) is 0.600. The Hall–Kier alpha value is -1.07. The van der Waals surface area contributed by atoms with Crippen LogP contribution in [0.2, 0.25) is 0 Å². The first-order valence-electron chi connectivity index (χ1n) is 7.06. The molecule has 0 aliphatic rings. The minimum absolute atomic E-state index is 0.118. The molecule has 0 bridgehead atoms. The van der Waals surface area contributed by atoms with Crippen molar-refractivity contribution in [1.82, 2.24) is 5.32 Å². The summed E-state index contributed by atoms with van der Waals surface area (Å²) in [5.74, 6) is 0.919. The third-order valence-corrected chi connectivity index (χ3v) is 5.89. The van der Waals surface area contributed by atoms with Crippen molar-refractivity contribution < 1.29 is 13.2 Å². The maximum atomic E-state index is 12.2. The Kier molecular flexibility index (Phi) is 6.49. The van der Waals surface area contributed by atoms with Gasteiger partial charge in [-0.3, -0.25) is 0 Å². The number of nitrogens with one attached hydrogen (secondary N) is 1. The molecule has 0 heterocycles. The molecule has 4 nitrogen and oxygen atoms in total. The summed E-state index contributed by atoms with van der Waals surface area (Å²) in [6, 6.07) is 7.39. The summed E-state index contributed by atoms with van der Waals surface area (Å²) in [4.78, 5) is 0. The molecule has 2 unspecified atom stereocenters. The van der Waals surface area contributed by atoms with E-state index in [9.17, 15) is 8.42 Å². The zero-order chi connectivity index (χ0) is 15.2. The van der Waals surface area contributed by atoms with Gasteiger partial charge < -0.3 is 10.1 Å². The Balaban J connectivity index is 2.85. The lowest BCUT2D eigenvalue weighted by Gasteiger charge is -2.19. The molecule has 1 aromatic rings. The van der Waals surface area contributed by atoms with Crippen LogP contribution in [0.3, 0.4) is 0 Å². The van der Waals surface area contributed by atoms with Gasteiger partial charge in [-0.25, -0.2) is 8.42 Å². The Morgan fingerprint density at radius 1 is 1.20 bits per heavy atom. The van der Waals surface area contributed by atoms with E-state index in [1.54, 1.807) is 14.0 Å². The van der Waals surface area contributed by atoms with Crippen molar-refractivity contribution in [3.05, 3.63) is 29.8 Å². The molecule has 1 N–H and O–H groups in total. The Bertz CT molecular complexity index is 496. The standard InChI is InChI=1S/C15H25NO3S/c1-5-12(3)20(17,18)11-15(16-4)13-7-9-14(10-8-13)19-6-2/h7-10,12,15-16H,5-6,11H2,1-4H3. The highest BCUT2D eigenvalue weighted by Crippen LogP contribution is 2.21. The third kappa shape index (κ3) is 4.49. The van der Waals surface area contributed by atoms with Crippen LogP contribution >= 0.6 is 0 Å². The first-order valence-corrected chi connectivity index (χ1v) is 8.77. The number of sulfone groups is 1. The first kappa shape index (κ1) is 17.0. The SMILES string of the molecule is CCOc1ccc(C(CS(=O)(=O)C(C)CC)NC)cc1. The van der Waals surface area contributed by atoms with E-state index in [1.807, 2.05) is 38.1 Å². The summed E-state index contributed by atoms with van der Waals surface area (Å²) in [6.45, 7) is 6.22. The molecule has 0 fully saturated rings. The van der Waals surface area contributed by atoms with E-state index in [0.29, 0.717) is 13.0 Å². The molecule has 20 heavy (non-hydrogen) atoms. The summed E-state index contributed by atoms with van der Waals surface area (Å²) in [6.07, 6.45) is 0.641. The lowest BCUT2D eigenvalue weighted by molar-refractivity contribution is 0.340. The van der Waals surface area contributed by atoms with Crippen LogP contribution in [0.1, 0.15) is 38.8 Å². The zero-order valence-electron chi connectivity index (χ0n) is 12.7. The quantitative estimate of drug-likeness (QED) is 0.801. The van der Waals surface area contributed by atoms with Crippen molar-refractivity contribution in [3.63, 3.8) is 0 Å². The minimum Gasteiger partial charge on any atom is -0.494 e. The zero-order valence-corrected chi connectivity index (χ0v) is 13.5. The van der Waals surface area contributed by atoms with Crippen LogP contribution in [0.5, 0.6) is 5.75 Å². The van der Waals surface area contributed by atoms with Gasteiger partial charge in [-0.15, -0.1) is 0 Å². The van der Waals surface area contributed by atoms with Gasteiger partial charge >= 0.3 is 0 Å². The Morgan fingerprint density at radius 3 is 2.25 bits per heavy atom. The van der Waals surface area contributed by atoms with Crippen LogP contribution in [0.4, 0.5) is 0 Å². The van der Waals surface area contributed by atoms with E-state index in [4.69, 9.17) is 4.74 Å². The van der Waals surface area contributed by atoms with Crippen molar-refractivity contribution >= 4 is 9.84 Å². The van der Waals surface area contributed by atoms with Crippen molar-refractivity contribution in [1.29, 1.82) is 0 Å². The Morgan fingerprint density at radius 2 is 1.80 bits per heavy atom. The molecular formula is C15H25NO3S. The second-order valence-corrected chi connectivity index (χ2v) is 7.36. The maximum Gasteiger partial charge on any atom is 0.154 e. The summed E-state index contributed by atoms with van der Waals surface area (Å²) in [5, 5.41) is 2.78. The van der Waals surface area contributed by atoms with Gasteiger partial charge in [0, 0.05) is 6.04 Å². The first-order chi connectivity index (χ1) is 9.44. The van der Waals surface area contributed by atoms with Gasteiger partial charge in [-0.2, -0.15) is 0 Å². The van der Waals surface area contributed by atoms with E-state index in [1.165, 1.54) is 0 Å². The van der Waals surface area contributed by atoms with Crippen molar-refractivity contribution in [3.8, 4) is 5.75 Å². The van der Waals surface area contributed by atoms with E-state index < -0.39 is 9.84 Å². The molecule has 114 valence electrons. The van der Waals surface area contributed by atoms with Gasteiger partial charge in [0.25, 0.3) is 0 Å². The van der Waals surface area contributed by atoms with Crippen molar-refractivity contribution in [2.45, 2.75) is 38.5 Å². The van der Waals surface area contributed by atoms with Gasteiger partial charge in [0.15, 0.2) is 9.84 Å². The number of hydrogen-bond donors (Lipinski definition) is 1. The predicted octanol–water partition coefficient (Wildman–Crippen LogP) is 2.56. The topological polar surface area (TPSA) is 55.4 Å². The molecular weight excluding hydrogens is 274 g/mol. The molecule has 5 heteroatoms. The van der Waals surface area contributed by atoms with Gasteiger partial charge in [-0.05, 0) is 45.0 Å². The number of hydrogen-bond acceptors (Lipinski definition) is 4. The molecule has 0 radical (unpaired) electrons. The summed E-state index contributed by atoms with van der Waals surface area (Å²) < 4.78 is 29.8. The summed E-state index contributed by atoms with van der Waals surface area (Å²) >= 11 is 0. The van der Waals surface area contributed by atoms with Gasteiger partial charge in [0.1, 0.15) is 5.75 Å². The van der Waals surface area contributed by atoms with Gasteiger partial charge in [0.05, 0.1) is 17.6 Å². The average Bonchev–Trinajstić information content (AvgIpc) is 2.45. The average molecular weight is 299 g/mol. The van der Waals surface area contributed by atoms with E-state index in [-0.39, 0.29) is 17.0 Å². The smallest absolute Gasteiger partial charge is 0.154 e. The van der Waals surface area contributed by atoms with Crippen LogP contribution in [0.25, 0.3) is 0 Å². The molecule has 0 amide bonds. The monoisotopic (exact) mass is 299 g/mol. The fourth-order valence-corrected chi connectivity index (χ4v) is 3.62. The van der Waals surface area contributed by atoms with Crippen LogP contribution in [-0.4, -0.2) is 33.1 Å². The molecule has 1 aromatic carbocycles. The minimum atomic E-state index is -3.08. The highest BCUT2D eigenvalue weighted by Gasteiger charge is 2.24. The van der Waals surface area contributed by atoms with Gasteiger partial charge in [-0.1, -0.05) is 19.1 Å². The van der Waals surface area contributed by atoms with Crippen LogP contribution in [0, 0.1) is 0 Å². The van der Waals surface area contributed by atoms with E-state index in [0.717, 1.165) is 11.3 Å². The van der Waals surface area contributed by atoms with Crippen LogP contribution in [-0.2, 0) is 9.84 Å². The van der Waals surface area contributed by atoms with Crippen molar-refractivity contribution in [2.24, 2.45) is 0 Å². The molecule has 0 spiro atoms. The number of benzene rings is 1. The molecule has 0 aliphatic carbocycles. The molecule has 2 atom stereocenters. The van der Waals surface area contributed by atoms with Crippen LogP contribution < -0.4 is 10.1 Å². The van der Waals surface area contributed by atoms with Crippen LogP contribution in [0.15, 0.2) is 24.3 Å². The molecule has 0 saturated heterocycles. The second-order valence-electron chi connectivity index (χ2n) is 4.89. The second kappa shape index (κ2) is 7.64. The fourth-order valence-electron chi connectivity index (χ4n) is 1.96. The predicted molar refractivity (Wildman–Crippen MR) is 83.0 cm³/mol. The highest BCUT2D eigenvalue weighted by atomic mass is 32.2. The van der Waals surface area contributed by atoms with Gasteiger partial charge in [0.2, 0.25) is 0 Å². The summed E-state index contributed by atoms with van der Waals surface area (Å²) in [5.41, 5.74) is 0.961. The molecule has 0 saturated carbocycles. The molecule has 1 rings (SSSR count). The normalized spacial score (nSPS) is 14.8. The summed E-state index contributed by atoms with van der Waals surface area (Å²) in [7, 11) is -1.30. The lowest BCUT2D eigenvalue weighted by Crippen LogP contribution is -2.30. The lowest BCUT2D eigenvalue weighted by atomic mass is 10.1. The highest BCUT2D eigenvalue weighted by molar-refractivity contribution is 7.92. The van der Waals surface area contributed by atoms with Crippen molar-refractivity contribution in [2.75, 3.05) is 19.4 Å². The van der Waals surface area contributed by atoms with E-state index >= 15 is 0 Å². The molecule has 0 aliphatic heterocycles. The largest absolute Gasteiger partial charge is 0.494 e. The third-order valence-electron chi connectivity index (χ3n) is 3.53. The molecule has 0 aromatic heterocycles. The number of ether oxygens (including phenoxy) is 1. The Labute approximate surface area is 122 Å². The van der Waals surface area contributed by atoms with E-state index in [2.05, 4.69) is 5.32 Å². The maximum absolute atomic E-state index is 12.2.